The number of carbonyl (C=O) groups excluding carboxylic acids is 2. The molecule has 5 heteroatoms. The van der Waals surface area contributed by atoms with Gasteiger partial charge in [0.05, 0.1) is 13.2 Å². The third kappa shape index (κ3) is 9.56. The Labute approximate surface area is 160 Å². The first-order valence-electron chi connectivity index (χ1n) is 10.5. The van der Waals surface area contributed by atoms with E-state index in [1.165, 1.54) is 38.5 Å². The van der Waals surface area contributed by atoms with Crippen LogP contribution in [-0.2, 0) is 23.8 Å². The summed E-state index contributed by atoms with van der Waals surface area (Å²) in [5.74, 6) is -0.949. The van der Waals surface area contributed by atoms with Gasteiger partial charge in [-0.2, -0.15) is 0 Å². The summed E-state index contributed by atoms with van der Waals surface area (Å²) in [6, 6.07) is 0. The quantitative estimate of drug-likeness (QED) is 0.203. The standard InChI is InChI=1S/C21H40O5/c1-5-9-10-11-12-13-14-15-16-25-19(22)21(6-2,7-3)20(23)26-18-17-24-8-4/h5-18H2,1-4H3. The lowest BCUT2D eigenvalue weighted by Crippen LogP contribution is -2.41. The summed E-state index contributed by atoms with van der Waals surface area (Å²) in [5.41, 5.74) is -1.19. The number of hydrogen-bond donors (Lipinski definition) is 0. The van der Waals surface area contributed by atoms with Crippen LogP contribution in [0.1, 0.15) is 91.9 Å². The van der Waals surface area contributed by atoms with E-state index < -0.39 is 17.4 Å². The molecule has 0 amide bonds. The predicted octanol–water partition coefficient (Wildman–Crippen LogP) is 5.06. The van der Waals surface area contributed by atoms with Crippen LogP contribution in [0.3, 0.4) is 0 Å². The average Bonchev–Trinajstić information content (AvgIpc) is 2.65. The molecule has 5 nitrogen and oxygen atoms in total. The zero-order chi connectivity index (χ0) is 19.7. The van der Waals surface area contributed by atoms with E-state index in [0.29, 0.717) is 32.7 Å². The fourth-order valence-corrected chi connectivity index (χ4v) is 2.93. The van der Waals surface area contributed by atoms with E-state index >= 15 is 0 Å². The Kier molecular flexibility index (Phi) is 15.4. The second-order valence-corrected chi connectivity index (χ2v) is 6.73. The molecule has 0 aliphatic carbocycles. The average molecular weight is 373 g/mol. The maximum absolute atomic E-state index is 12.5. The van der Waals surface area contributed by atoms with Crippen molar-refractivity contribution in [2.24, 2.45) is 5.41 Å². The van der Waals surface area contributed by atoms with Gasteiger partial charge in [0.15, 0.2) is 5.41 Å². The van der Waals surface area contributed by atoms with Gasteiger partial charge < -0.3 is 14.2 Å². The molecule has 0 aliphatic rings. The van der Waals surface area contributed by atoms with Crippen LogP contribution < -0.4 is 0 Å². The molecule has 0 radical (unpaired) electrons. The summed E-state index contributed by atoms with van der Waals surface area (Å²) in [6.45, 7) is 9.21. The van der Waals surface area contributed by atoms with Gasteiger partial charge in [0.1, 0.15) is 6.61 Å². The van der Waals surface area contributed by atoms with Crippen molar-refractivity contribution in [3.63, 3.8) is 0 Å². The largest absolute Gasteiger partial charge is 0.465 e. The molecule has 0 unspecified atom stereocenters. The van der Waals surface area contributed by atoms with Gasteiger partial charge in [-0.05, 0) is 26.2 Å². The highest BCUT2D eigenvalue weighted by Gasteiger charge is 2.45. The molecule has 0 aliphatic heterocycles. The predicted molar refractivity (Wildman–Crippen MR) is 104 cm³/mol. The van der Waals surface area contributed by atoms with Gasteiger partial charge in [0.2, 0.25) is 0 Å². The van der Waals surface area contributed by atoms with Gasteiger partial charge in [0, 0.05) is 6.61 Å². The van der Waals surface area contributed by atoms with Crippen LogP contribution in [0.2, 0.25) is 0 Å². The minimum atomic E-state index is -1.19. The molecule has 154 valence electrons. The Bertz CT molecular complexity index is 363. The molecule has 26 heavy (non-hydrogen) atoms. The zero-order valence-corrected chi connectivity index (χ0v) is 17.4. The number of hydrogen-bond acceptors (Lipinski definition) is 5. The molecular weight excluding hydrogens is 332 g/mol. The van der Waals surface area contributed by atoms with E-state index in [1.807, 2.05) is 20.8 Å². The van der Waals surface area contributed by atoms with Gasteiger partial charge in [-0.1, -0.05) is 65.7 Å². The third-order valence-corrected chi connectivity index (χ3v) is 4.88. The molecule has 0 rings (SSSR count). The van der Waals surface area contributed by atoms with Crippen molar-refractivity contribution in [2.45, 2.75) is 91.9 Å². The molecule has 0 fully saturated rings. The van der Waals surface area contributed by atoms with E-state index in [9.17, 15) is 9.59 Å². The number of carbonyl (C=O) groups is 2. The maximum atomic E-state index is 12.5. The third-order valence-electron chi connectivity index (χ3n) is 4.88. The minimum absolute atomic E-state index is 0.166. The smallest absolute Gasteiger partial charge is 0.323 e. The molecule has 0 aromatic heterocycles. The van der Waals surface area contributed by atoms with Crippen molar-refractivity contribution in [3.05, 3.63) is 0 Å². The van der Waals surface area contributed by atoms with Crippen LogP contribution in [0, 0.1) is 5.41 Å². The summed E-state index contributed by atoms with van der Waals surface area (Å²) in [4.78, 5) is 24.9. The van der Waals surface area contributed by atoms with Gasteiger partial charge in [-0.15, -0.1) is 0 Å². The van der Waals surface area contributed by atoms with Crippen molar-refractivity contribution in [2.75, 3.05) is 26.4 Å². The van der Waals surface area contributed by atoms with Gasteiger partial charge in [0.25, 0.3) is 0 Å². The van der Waals surface area contributed by atoms with Crippen LogP contribution >= 0.6 is 0 Å². The van der Waals surface area contributed by atoms with E-state index in [1.54, 1.807) is 0 Å². The van der Waals surface area contributed by atoms with Crippen LogP contribution in [0.4, 0.5) is 0 Å². The monoisotopic (exact) mass is 372 g/mol. The highest BCUT2D eigenvalue weighted by molar-refractivity contribution is 5.99. The number of esters is 2. The fourth-order valence-electron chi connectivity index (χ4n) is 2.93. The molecule has 0 N–H and O–H groups in total. The second-order valence-electron chi connectivity index (χ2n) is 6.73. The lowest BCUT2D eigenvalue weighted by Gasteiger charge is -2.26. The van der Waals surface area contributed by atoms with E-state index in [0.717, 1.165) is 12.8 Å². The van der Waals surface area contributed by atoms with Gasteiger partial charge >= 0.3 is 11.9 Å². The summed E-state index contributed by atoms with van der Waals surface area (Å²) in [6.07, 6.45) is 10.3. The number of unbranched alkanes of at least 4 members (excludes halogenated alkanes) is 7. The molecule has 0 atom stereocenters. The molecule has 0 bridgehead atoms. The minimum Gasteiger partial charge on any atom is -0.465 e. The second kappa shape index (κ2) is 16.1. The summed E-state index contributed by atoms with van der Waals surface area (Å²) >= 11 is 0. The molecule has 0 aromatic rings. The van der Waals surface area contributed by atoms with Crippen molar-refractivity contribution in [3.8, 4) is 0 Å². The lowest BCUT2D eigenvalue weighted by molar-refractivity contribution is -0.174. The Hall–Kier alpha value is -1.10. The molecular formula is C21H40O5. The Morgan fingerprint density at radius 2 is 1.15 bits per heavy atom. The SMILES string of the molecule is CCCCCCCCCCOC(=O)C(CC)(CC)C(=O)OCCOCC. The molecule has 0 aromatic carbocycles. The van der Waals surface area contributed by atoms with Crippen molar-refractivity contribution >= 4 is 11.9 Å². The molecule has 0 saturated carbocycles. The van der Waals surface area contributed by atoms with Crippen LogP contribution in [0.5, 0.6) is 0 Å². The molecule has 0 heterocycles. The Morgan fingerprint density at radius 3 is 1.65 bits per heavy atom. The van der Waals surface area contributed by atoms with E-state index in [-0.39, 0.29) is 6.61 Å². The summed E-state index contributed by atoms with van der Waals surface area (Å²) in [7, 11) is 0. The van der Waals surface area contributed by atoms with Crippen LogP contribution in [-0.4, -0.2) is 38.4 Å². The first-order valence-corrected chi connectivity index (χ1v) is 10.5. The molecule has 0 saturated heterocycles. The number of rotatable bonds is 17. The summed E-state index contributed by atoms with van der Waals surface area (Å²) in [5, 5.41) is 0. The van der Waals surface area contributed by atoms with E-state index in [2.05, 4.69) is 6.92 Å². The maximum Gasteiger partial charge on any atom is 0.323 e. The summed E-state index contributed by atoms with van der Waals surface area (Å²) < 4.78 is 15.8. The topological polar surface area (TPSA) is 61.8 Å². The molecule has 0 spiro atoms. The van der Waals surface area contributed by atoms with Crippen molar-refractivity contribution < 1.29 is 23.8 Å². The Balaban J connectivity index is 4.15. The first-order chi connectivity index (χ1) is 12.6. The van der Waals surface area contributed by atoms with Crippen LogP contribution in [0.25, 0.3) is 0 Å². The first kappa shape index (κ1) is 24.9. The lowest BCUT2D eigenvalue weighted by atomic mass is 9.82. The highest BCUT2D eigenvalue weighted by atomic mass is 16.6. The Morgan fingerprint density at radius 1 is 0.654 bits per heavy atom. The van der Waals surface area contributed by atoms with E-state index in [4.69, 9.17) is 14.2 Å². The highest BCUT2D eigenvalue weighted by Crippen LogP contribution is 2.30. The van der Waals surface area contributed by atoms with Crippen LogP contribution in [0.15, 0.2) is 0 Å². The number of ether oxygens (including phenoxy) is 3. The zero-order valence-electron chi connectivity index (χ0n) is 17.4. The van der Waals surface area contributed by atoms with Gasteiger partial charge in [-0.25, -0.2) is 0 Å². The van der Waals surface area contributed by atoms with Crippen molar-refractivity contribution in [1.29, 1.82) is 0 Å². The van der Waals surface area contributed by atoms with Crippen molar-refractivity contribution in [1.82, 2.24) is 0 Å². The normalized spacial score (nSPS) is 11.4. The van der Waals surface area contributed by atoms with Gasteiger partial charge in [-0.3, -0.25) is 9.59 Å². The fraction of sp³-hybridized carbons (Fsp3) is 0.905.